The summed E-state index contributed by atoms with van der Waals surface area (Å²) in [6.07, 6.45) is 3.43. The van der Waals surface area contributed by atoms with Gasteiger partial charge in [-0.15, -0.1) is 10.2 Å². The van der Waals surface area contributed by atoms with Crippen LogP contribution >= 0.6 is 0 Å². The van der Waals surface area contributed by atoms with Gasteiger partial charge in [0.05, 0.1) is 12.6 Å². The fourth-order valence-corrected chi connectivity index (χ4v) is 3.67. The lowest BCUT2D eigenvalue weighted by molar-refractivity contribution is 0.131. The average molecular weight is 340 g/mol. The summed E-state index contributed by atoms with van der Waals surface area (Å²) in [5.74, 6) is 1.59. The third-order valence-electron chi connectivity index (χ3n) is 5.12. The Morgan fingerprint density at radius 3 is 2.48 bits per heavy atom. The van der Waals surface area contributed by atoms with Crippen LogP contribution in [-0.2, 0) is 13.1 Å². The van der Waals surface area contributed by atoms with Crippen LogP contribution in [0.2, 0.25) is 0 Å². The van der Waals surface area contributed by atoms with Crippen molar-refractivity contribution < 1.29 is 4.79 Å². The normalized spacial score (nSPS) is 18.8. The Bertz CT molecular complexity index is 737. The van der Waals surface area contributed by atoms with E-state index >= 15 is 0 Å². The Morgan fingerprint density at radius 1 is 0.960 bits per heavy atom. The monoisotopic (exact) mass is 340 g/mol. The minimum absolute atomic E-state index is 0.128. The smallest absolute Gasteiger partial charge is 0.320 e. The van der Waals surface area contributed by atoms with Gasteiger partial charge in [0.15, 0.2) is 11.6 Å². The molecule has 3 heterocycles. The number of carbonyl (C=O) groups is 1. The van der Waals surface area contributed by atoms with Gasteiger partial charge in [-0.3, -0.25) is 0 Å². The van der Waals surface area contributed by atoms with E-state index in [1.54, 1.807) is 0 Å². The van der Waals surface area contributed by atoms with Gasteiger partial charge in [-0.1, -0.05) is 30.3 Å². The van der Waals surface area contributed by atoms with Crippen LogP contribution in [0.15, 0.2) is 30.3 Å². The van der Waals surface area contributed by atoms with Crippen LogP contribution in [0.5, 0.6) is 0 Å². The first kappa shape index (κ1) is 16.1. The number of piperidine rings is 1. The quantitative estimate of drug-likeness (QED) is 0.903. The summed E-state index contributed by atoms with van der Waals surface area (Å²) in [6, 6.07) is 9.75. The van der Waals surface area contributed by atoms with Crippen LogP contribution in [0.1, 0.15) is 42.5 Å². The van der Waals surface area contributed by atoms with Crippen molar-refractivity contribution in [1.29, 1.82) is 0 Å². The predicted molar refractivity (Wildman–Crippen MR) is 93.7 cm³/mol. The van der Waals surface area contributed by atoms with Crippen molar-refractivity contribution in [3.63, 3.8) is 0 Å². The number of nitrogens with zero attached hydrogens (tertiary/aromatic N) is 5. The van der Waals surface area contributed by atoms with Crippen molar-refractivity contribution >= 4 is 6.03 Å². The SMILES string of the molecule is NC(c1ccccc1)c1nnc2n1CCN(C(=O)N1CCCCC1)C2. The highest BCUT2D eigenvalue weighted by Gasteiger charge is 2.29. The van der Waals surface area contributed by atoms with Gasteiger partial charge in [-0.25, -0.2) is 4.79 Å². The van der Waals surface area contributed by atoms with Crippen molar-refractivity contribution in [2.24, 2.45) is 5.73 Å². The Kier molecular flexibility index (Phi) is 4.40. The lowest BCUT2D eigenvalue weighted by atomic mass is 10.1. The molecule has 132 valence electrons. The molecule has 0 bridgehead atoms. The second-order valence-corrected chi connectivity index (χ2v) is 6.77. The van der Waals surface area contributed by atoms with Crippen molar-refractivity contribution in [3.05, 3.63) is 47.5 Å². The van der Waals surface area contributed by atoms with E-state index in [-0.39, 0.29) is 12.1 Å². The molecule has 7 nitrogen and oxygen atoms in total. The molecule has 4 rings (SSSR count). The summed E-state index contributed by atoms with van der Waals surface area (Å²) >= 11 is 0. The number of urea groups is 1. The molecule has 2 amide bonds. The van der Waals surface area contributed by atoms with E-state index in [1.165, 1.54) is 6.42 Å². The van der Waals surface area contributed by atoms with Crippen molar-refractivity contribution in [2.45, 2.75) is 38.4 Å². The van der Waals surface area contributed by atoms with E-state index in [0.717, 1.165) is 43.1 Å². The Morgan fingerprint density at radius 2 is 1.72 bits per heavy atom. The molecule has 2 aliphatic heterocycles. The van der Waals surface area contributed by atoms with Crippen molar-refractivity contribution in [1.82, 2.24) is 24.6 Å². The third-order valence-corrected chi connectivity index (χ3v) is 5.12. The summed E-state index contributed by atoms with van der Waals surface area (Å²) in [7, 11) is 0. The Balaban J connectivity index is 1.50. The van der Waals surface area contributed by atoms with Crippen LogP contribution in [0.3, 0.4) is 0 Å². The highest BCUT2D eigenvalue weighted by atomic mass is 16.2. The molecular formula is C18H24N6O. The number of aromatic nitrogens is 3. The zero-order valence-electron chi connectivity index (χ0n) is 14.3. The minimum Gasteiger partial charge on any atom is -0.325 e. The molecular weight excluding hydrogens is 316 g/mol. The van der Waals surface area contributed by atoms with Crippen LogP contribution in [0.4, 0.5) is 4.79 Å². The van der Waals surface area contributed by atoms with E-state index in [2.05, 4.69) is 14.8 Å². The molecule has 0 saturated carbocycles. The summed E-state index contributed by atoms with van der Waals surface area (Å²) in [5.41, 5.74) is 7.40. The zero-order valence-corrected chi connectivity index (χ0v) is 14.3. The molecule has 1 unspecified atom stereocenters. The van der Waals surface area contributed by atoms with E-state index in [4.69, 9.17) is 5.73 Å². The second kappa shape index (κ2) is 6.84. The van der Waals surface area contributed by atoms with Crippen LogP contribution in [-0.4, -0.2) is 50.2 Å². The topological polar surface area (TPSA) is 80.3 Å². The highest BCUT2D eigenvalue weighted by Crippen LogP contribution is 2.22. The fraction of sp³-hybridized carbons (Fsp3) is 0.500. The molecule has 1 aromatic carbocycles. The first-order valence-corrected chi connectivity index (χ1v) is 9.00. The Hall–Kier alpha value is -2.41. The molecule has 0 radical (unpaired) electrons. The highest BCUT2D eigenvalue weighted by molar-refractivity contribution is 5.74. The number of benzene rings is 1. The fourth-order valence-electron chi connectivity index (χ4n) is 3.67. The molecule has 25 heavy (non-hydrogen) atoms. The predicted octanol–water partition coefficient (Wildman–Crippen LogP) is 1.75. The van der Waals surface area contributed by atoms with Gasteiger partial charge in [0.25, 0.3) is 0 Å². The number of nitrogens with two attached hydrogens (primary N) is 1. The summed E-state index contributed by atoms with van der Waals surface area (Å²) in [5, 5.41) is 8.62. The molecule has 2 aromatic rings. The summed E-state index contributed by atoms with van der Waals surface area (Å²) < 4.78 is 2.07. The lowest BCUT2D eigenvalue weighted by Crippen LogP contribution is -2.48. The second-order valence-electron chi connectivity index (χ2n) is 6.77. The maximum Gasteiger partial charge on any atom is 0.320 e. The van der Waals surface area contributed by atoms with Gasteiger partial charge >= 0.3 is 6.03 Å². The minimum atomic E-state index is -0.299. The molecule has 7 heteroatoms. The number of rotatable bonds is 2. The number of fused-ring (bicyclic) bond motifs is 1. The maximum absolute atomic E-state index is 12.7. The van der Waals surface area contributed by atoms with Gasteiger partial charge in [0, 0.05) is 26.2 Å². The van der Waals surface area contributed by atoms with Crippen molar-refractivity contribution in [2.75, 3.05) is 19.6 Å². The van der Waals surface area contributed by atoms with Gasteiger partial charge < -0.3 is 20.1 Å². The number of carbonyl (C=O) groups excluding carboxylic acids is 1. The number of amides is 2. The molecule has 2 aliphatic rings. The molecule has 1 saturated heterocycles. The lowest BCUT2D eigenvalue weighted by Gasteiger charge is -2.35. The maximum atomic E-state index is 12.7. The van der Waals surface area contributed by atoms with Gasteiger partial charge in [0.1, 0.15) is 0 Å². The van der Waals surface area contributed by atoms with Crippen LogP contribution in [0.25, 0.3) is 0 Å². The van der Waals surface area contributed by atoms with E-state index < -0.39 is 0 Å². The molecule has 0 aliphatic carbocycles. The number of likely N-dealkylation sites (tertiary alicyclic amines) is 1. The standard InChI is InChI=1S/C18H24N6O/c19-16(14-7-3-1-4-8-14)17-21-20-15-13-23(11-12-24(15)17)18(25)22-9-5-2-6-10-22/h1,3-4,7-8,16H,2,5-6,9-13,19H2. The van der Waals surface area contributed by atoms with Crippen LogP contribution < -0.4 is 5.73 Å². The first-order valence-electron chi connectivity index (χ1n) is 9.00. The van der Waals surface area contributed by atoms with Gasteiger partial charge in [-0.2, -0.15) is 0 Å². The first-order chi connectivity index (χ1) is 12.2. The van der Waals surface area contributed by atoms with Gasteiger partial charge in [-0.05, 0) is 24.8 Å². The number of hydrogen-bond acceptors (Lipinski definition) is 4. The number of hydrogen-bond donors (Lipinski definition) is 1. The molecule has 1 atom stereocenters. The molecule has 2 N–H and O–H groups in total. The largest absolute Gasteiger partial charge is 0.325 e. The zero-order chi connectivity index (χ0) is 17.2. The van der Waals surface area contributed by atoms with E-state index in [9.17, 15) is 4.79 Å². The molecule has 1 aromatic heterocycles. The summed E-state index contributed by atoms with van der Waals surface area (Å²) in [6.45, 7) is 3.61. The van der Waals surface area contributed by atoms with E-state index in [0.29, 0.717) is 19.6 Å². The average Bonchev–Trinajstić information content (AvgIpc) is 3.11. The Labute approximate surface area is 147 Å². The van der Waals surface area contributed by atoms with E-state index in [1.807, 2.05) is 40.1 Å². The van der Waals surface area contributed by atoms with Crippen LogP contribution in [0, 0.1) is 0 Å². The van der Waals surface area contributed by atoms with Gasteiger partial charge in [0.2, 0.25) is 0 Å². The third kappa shape index (κ3) is 3.11. The molecule has 0 spiro atoms. The molecule has 1 fully saturated rings. The van der Waals surface area contributed by atoms with Crippen molar-refractivity contribution in [3.8, 4) is 0 Å². The summed E-state index contributed by atoms with van der Waals surface area (Å²) in [4.78, 5) is 16.5.